The minimum atomic E-state index is 0.0809. The van der Waals surface area contributed by atoms with Crippen LogP contribution in [0.15, 0.2) is 18.2 Å². The first-order chi connectivity index (χ1) is 8.29. The van der Waals surface area contributed by atoms with Crippen molar-refractivity contribution < 1.29 is 0 Å². The molecule has 0 bridgehead atoms. The van der Waals surface area contributed by atoms with Gasteiger partial charge in [0.1, 0.15) is 0 Å². The summed E-state index contributed by atoms with van der Waals surface area (Å²) in [6.45, 7) is 8.67. The minimum absolute atomic E-state index is 0.0809. The number of nitrogens with two attached hydrogens (primary N) is 1. The molecule has 0 amide bonds. The van der Waals surface area contributed by atoms with Crippen molar-refractivity contribution in [3.8, 4) is 0 Å². The summed E-state index contributed by atoms with van der Waals surface area (Å²) >= 11 is 6.39. The molecule has 0 fully saturated rings. The van der Waals surface area contributed by atoms with Gasteiger partial charge in [0.2, 0.25) is 0 Å². The average molecular weight is 269 g/mol. The Balaban J connectivity index is 3.21. The number of anilines is 1. The van der Waals surface area contributed by atoms with Crippen LogP contribution in [0.1, 0.15) is 39.7 Å². The highest BCUT2D eigenvalue weighted by atomic mass is 35.5. The highest BCUT2D eigenvalue weighted by Crippen LogP contribution is 2.34. The molecule has 0 saturated carbocycles. The zero-order valence-corrected chi connectivity index (χ0v) is 12.9. The molecule has 1 unspecified atom stereocenters. The van der Waals surface area contributed by atoms with Gasteiger partial charge in [-0.15, -0.1) is 0 Å². The van der Waals surface area contributed by atoms with Gasteiger partial charge in [-0.25, -0.2) is 0 Å². The van der Waals surface area contributed by atoms with E-state index in [-0.39, 0.29) is 11.6 Å². The van der Waals surface area contributed by atoms with Gasteiger partial charge in [-0.2, -0.15) is 0 Å². The van der Waals surface area contributed by atoms with Crippen LogP contribution in [0.5, 0.6) is 0 Å². The van der Waals surface area contributed by atoms with E-state index < -0.39 is 0 Å². The van der Waals surface area contributed by atoms with E-state index in [0.717, 1.165) is 23.6 Å². The summed E-state index contributed by atoms with van der Waals surface area (Å²) in [6, 6.07) is 6.20. The number of halogens is 1. The molecule has 18 heavy (non-hydrogen) atoms. The topological polar surface area (TPSA) is 29.3 Å². The standard InChI is InChI=1S/C15H25ClN2/c1-6-15(3,4)18(5)14-12(10-11(2)17)8-7-9-13(14)16/h7-9,11H,6,10,17H2,1-5H3. The molecular weight excluding hydrogens is 244 g/mol. The summed E-state index contributed by atoms with van der Waals surface area (Å²) < 4.78 is 0. The Bertz CT molecular complexity index is 399. The molecule has 2 nitrogen and oxygen atoms in total. The Morgan fingerprint density at radius 3 is 2.50 bits per heavy atom. The van der Waals surface area contributed by atoms with Crippen LogP contribution in [-0.4, -0.2) is 18.6 Å². The number of benzene rings is 1. The largest absolute Gasteiger partial charge is 0.368 e. The van der Waals surface area contributed by atoms with Gasteiger partial charge in [0.25, 0.3) is 0 Å². The van der Waals surface area contributed by atoms with Crippen LogP contribution in [-0.2, 0) is 6.42 Å². The molecular formula is C15H25ClN2. The van der Waals surface area contributed by atoms with Gasteiger partial charge in [0.05, 0.1) is 10.7 Å². The molecule has 0 aliphatic heterocycles. The predicted molar refractivity (Wildman–Crippen MR) is 81.6 cm³/mol. The number of hydrogen-bond donors (Lipinski definition) is 1. The van der Waals surface area contributed by atoms with Gasteiger partial charge < -0.3 is 10.6 Å². The third-order valence-electron chi connectivity index (χ3n) is 3.72. The van der Waals surface area contributed by atoms with Gasteiger partial charge >= 0.3 is 0 Å². The lowest BCUT2D eigenvalue weighted by Gasteiger charge is -2.38. The molecule has 0 aliphatic carbocycles. The molecule has 3 heteroatoms. The molecule has 2 N–H and O–H groups in total. The fourth-order valence-corrected chi connectivity index (χ4v) is 2.31. The van der Waals surface area contributed by atoms with Crippen molar-refractivity contribution in [2.24, 2.45) is 5.73 Å². The first-order valence-electron chi connectivity index (χ1n) is 6.56. The first-order valence-corrected chi connectivity index (χ1v) is 6.94. The summed E-state index contributed by atoms with van der Waals surface area (Å²) in [4.78, 5) is 2.27. The average Bonchev–Trinajstić information content (AvgIpc) is 2.27. The van der Waals surface area contributed by atoms with Crippen molar-refractivity contribution in [2.75, 3.05) is 11.9 Å². The van der Waals surface area contributed by atoms with E-state index in [1.54, 1.807) is 0 Å². The van der Waals surface area contributed by atoms with E-state index in [1.165, 1.54) is 5.56 Å². The van der Waals surface area contributed by atoms with Crippen molar-refractivity contribution in [1.82, 2.24) is 0 Å². The van der Waals surface area contributed by atoms with Crippen LogP contribution in [0, 0.1) is 0 Å². The van der Waals surface area contributed by atoms with E-state index in [1.807, 2.05) is 19.1 Å². The Morgan fingerprint density at radius 1 is 1.39 bits per heavy atom. The Morgan fingerprint density at radius 2 is 2.00 bits per heavy atom. The van der Waals surface area contributed by atoms with Crippen LogP contribution in [0.2, 0.25) is 5.02 Å². The van der Waals surface area contributed by atoms with Crippen molar-refractivity contribution >= 4 is 17.3 Å². The smallest absolute Gasteiger partial charge is 0.0642 e. The highest BCUT2D eigenvalue weighted by molar-refractivity contribution is 6.33. The monoisotopic (exact) mass is 268 g/mol. The maximum Gasteiger partial charge on any atom is 0.0642 e. The zero-order valence-electron chi connectivity index (χ0n) is 12.1. The fourth-order valence-electron chi connectivity index (χ4n) is 1.99. The molecule has 1 aromatic rings. The third-order valence-corrected chi connectivity index (χ3v) is 4.03. The van der Waals surface area contributed by atoms with Crippen LogP contribution >= 0.6 is 11.6 Å². The Hall–Kier alpha value is -0.730. The molecule has 0 spiro atoms. The third kappa shape index (κ3) is 3.39. The maximum absolute atomic E-state index is 6.39. The van der Waals surface area contributed by atoms with Crippen LogP contribution in [0.3, 0.4) is 0 Å². The highest BCUT2D eigenvalue weighted by Gasteiger charge is 2.25. The second-order valence-electron chi connectivity index (χ2n) is 5.65. The predicted octanol–water partition coefficient (Wildman–Crippen LogP) is 3.85. The van der Waals surface area contributed by atoms with E-state index in [9.17, 15) is 0 Å². The molecule has 0 heterocycles. The van der Waals surface area contributed by atoms with Gasteiger partial charge in [0.15, 0.2) is 0 Å². The number of para-hydroxylation sites is 1. The van der Waals surface area contributed by atoms with Gasteiger partial charge in [-0.1, -0.05) is 30.7 Å². The maximum atomic E-state index is 6.39. The number of rotatable bonds is 5. The lowest BCUT2D eigenvalue weighted by molar-refractivity contribution is 0.469. The van der Waals surface area contributed by atoms with Gasteiger partial charge in [-0.3, -0.25) is 0 Å². The molecule has 0 aliphatic rings. The Labute approximate surface area is 116 Å². The normalized spacial score (nSPS) is 13.5. The van der Waals surface area contributed by atoms with Crippen molar-refractivity contribution in [2.45, 2.75) is 52.1 Å². The summed E-state index contributed by atoms with van der Waals surface area (Å²) in [5.74, 6) is 0. The van der Waals surface area contributed by atoms with Crippen molar-refractivity contribution in [1.29, 1.82) is 0 Å². The van der Waals surface area contributed by atoms with Crippen molar-refractivity contribution in [3.05, 3.63) is 28.8 Å². The Kier molecular flexibility index (Phi) is 5.06. The summed E-state index contributed by atoms with van der Waals surface area (Å²) in [6.07, 6.45) is 1.91. The number of hydrogen-bond acceptors (Lipinski definition) is 2. The molecule has 0 saturated heterocycles. The van der Waals surface area contributed by atoms with Crippen LogP contribution < -0.4 is 10.6 Å². The molecule has 0 radical (unpaired) electrons. The fraction of sp³-hybridized carbons (Fsp3) is 0.600. The quantitative estimate of drug-likeness (QED) is 0.879. The molecule has 1 atom stereocenters. The minimum Gasteiger partial charge on any atom is -0.368 e. The molecule has 1 aromatic carbocycles. The second-order valence-corrected chi connectivity index (χ2v) is 6.06. The summed E-state index contributed by atoms with van der Waals surface area (Å²) in [5.41, 5.74) is 8.34. The first kappa shape index (κ1) is 15.3. The van der Waals surface area contributed by atoms with Gasteiger partial charge in [-0.05, 0) is 45.2 Å². The molecule has 1 rings (SSSR count). The van der Waals surface area contributed by atoms with E-state index in [2.05, 4.69) is 38.8 Å². The molecule has 102 valence electrons. The zero-order chi connectivity index (χ0) is 13.9. The lowest BCUT2D eigenvalue weighted by Crippen LogP contribution is -2.41. The van der Waals surface area contributed by atoms with E-state index in [0.29, 0.717) is 0 Å². The van der Waals surface area contributed by atoms with Gasteiger partial charge in [0, 0.05) is 18.6 Å². The molecule has 0 aromatic heterocycles. The van der Waals surface area contributed by atoms with E-state index in [4.69, 9.17) is 17.3 Å². The second kappa shape index (κ2) is 5.94. The lowest BCUT2D eigenvalue weighted by atomic mass is 9.96. The van der Waals surface area contributed by atoms with Crippen LogP contribution in [0.25, 0.3) is 0 Å². The van der Waals surface area contributed by atoms with Crippen molar-refractivity contribution in [3.63, 3.8) is 0 Å². The van der Waals surface area contributed by atoms with E-state index >= 15 is 0 Å². The van der Waals surface area contributed by atoms with Crippen LogP contribution in [0.4, 0.5) is 5.69 Å². The summed E-state index contributed by atoms with van der Waals surface area (Å²) in [5, 5.41) is 0.803. The summed E-state index contributed by atoms with van der Waals surface area (Å²) in [7, 11) is 2.11. The number of nitrogens with zero attached hydrogens (tertiary/aromatic N) is 1. The SMILES string of the molecule is CCC(C)(C)N(C)c1c(Cl)cccc1CC(C)N.